The molecular weight excluding hydrogens is 368 g/mol. The molecule has 3 aromatic rings. The van der Waals surface area contributed by atoms with Crippen molar-refractivity contribution in [1.82, 2.24) is 15.2 Å². The number of halogens is 1. The molecule has 0 aliphatic carbocycles. The van der Waals surface area contributed by atoms with Crippen molar-refractivity contribution in [2.24, 2.45) is 0 Å². The molecule has 8 heteroatoms. The Morgan fingerprint density at radius 3 is 2.67 bits per heavy atom. The first kappa shape index (κ1) is 18.8. The van der Waals surface area contributed by atoms with E-state index >= 15 is 0 Å². The van der Waals surface area contributed by atoms with Crippen LogP contribution in [0.15, 0.2) is 47.0 Å². The van der Waals surface area contributed by atoms with Crippen molar-refractivity contribution in [1.29, 1.82) is 0 Å². The Kier molecular flexibility index (Phi) is 5.63. The van der Waals surface area contributed by atoms with Gasteiger partial charge < -0.3 is 14.8 Å². The molecule has 1 amide bonds. The van der Waals surface area contributed by atoms with Gasteiger partial charge in [0.25, 0.3) is 0 Å². The Morgan fingerprint density at radius 1 is 1.30 bits per heavy atom. The third-order valence-corrected chi connectivity index (χ3v) is 4.02. The Labute approximate surface area is 160 Å². The maximum atomic E-state index is 12.2. The number of nitrogens with one attached hydrogen (secondary N) is 1. The SMILES string of the molecule is C/C(=C\C(=O)Nc1ccc(C)cc1)c1ncc(-c2nnc(CO)o2)cc1Cl. The number of pyridine rings is 1. The zero-order valence-corrected chi connectivity index (χ0v) is 15.5. The first-order valence-corrected chi connectivity index (χ1v) is 8.49. The van der Waals surface area contributed by atoms with Gasteiger partial charge in [-0.25, -0.2) is 0 Å². The molecule has 2 aromatic heterocycles. The summed E-state index contributed by atoms with van der Waals surface area (Å²) in [7, 11) is 0. The Balaban J connectivity index is 1.77. The number of anilines is 1. The van der Waals surface area contributed by atoms with Crippen LogP contribution >= 0.6 is 11.6 Å². The van der Waals surface area contributed by atoms with Crippen molar-refractivity contribution in [2.75, 3.05) is 5.32 Å². The first-order chi connectivity index (χ1) is 13.0. The largest absolute Gasteiger partial charge is 0.418 e. The lowest BCUT2D eigenvalue weighted by Gasteiger charge is -2.06. The molecule has 0 spiro atoms. The van der Waals surface area contributed by atoms with Crippen molar-refractivity contribution >= 4 is 28.8 Å². The number of carbonyl (C=O) groups is 1. The first-order valence-electron chi connectivity index (χ1n) is 8.11. The normalized spacial score (nSPS) is 11.5. The van der Waals surface area contributed by atoms with Crippen LogP contribution in [0.3, 0.4) is 0 Å². The summed E-state index contributed by atoms with van der Waals surface area (Å²) in [6, 6.07) is 9.13. The standard InChI is InChI=1S/C19H17ClN4O3/c1-11-3-5-14(6-4-11)22-16(26)7-12(2)18-15(20)8-13(9-21-18)19-24-23-17(10-25)27-19/h3-9,25H,10H2,1-2H3,(H,22,26)/b12-7+. The number of allylic oxidation sites excluding steroid dienone is 1. The lowest BCUT2D eigenvalue weighted by molar-refractivity contribution is -0.111. The second kappa shape index (κ2) is 8.11. The van der Waals surface area contributed by atoms with Gasteiger partial charge in [0.1, 0.15) is 6.61 Å². The van der Waals surface area contributed by atoms with Crippen LogP contribution in [-0.4, -0.2) is 26.2 Å². The zero-order chi connectivity index (χ0) is 19.4. The lowest BCUT2D eigenvalue weighted by atomic mass is 10.1. The molecule has 0 aliphatic rings. The molecule has 0 bridgehead atoms. The van der Waals surface area contributed by atoms with Crippen molar-refractivity contribution in [2.45, 2.75) is 20.5 Å². The summed E-state index contributed by atoms with van der Waals surface area (Å²) in [6.07, 6.45) is 2.95. The van der Waals surface area contributed by atoms with E-state index in [-0.39, 0.29) is 24.3 Å². The summed E-state index contributed by atoms with van der Waals surface area (Å²) < 4.78 is 5.26. The van der Waals surface area contributed by atoms with Crippen LogP contribution in [0.1, 0.15) is 24.1 Å². The van der Waals surface area contributed by atoms with Crippen LogP contribution in [0.5, 0.6) is 0 Å². The average Bonchev–Trinajstić information content (AvgIpc) is 3.12. The van der Waals surface area contributed by atoms with E-state index in [1.165, 1.54) is 12.3 Å². The molecule has 7 nitrogen and oxygen atoms in total. The van der Waals surface area contributed by atoms with E-state index in [9.17, 15) is 4.79 Å². The van der Waals surface area contributed by atoms with Crippen LogP contribution in [0.2, 0.25) is 5.02 Å². The Bertz CT molecular complexity index is 996. The number of nitrogens with zero attached hydrogens (tertiary/aromatic N) is 3. The van der Waals surface area contributed by atoms with Gasteiger partial charge in [-0.3, -0.25) is 9.78 Å². The lowest BCUT2D eigenvalue weighted by Crippen LogP contribution is -2.08. The van der Waals surface area contributed by atoms with E-state index in [0.29, 0.717) is 27.5 Å². The maximum absolute atomic E-state index is 12.2. The molecule has 3 rings (SSSR count). The molecule has 2 heterocycles. The van der Waals surface area contributed by atoms with Gasteiger partial charge in [0.2, 0.25) is 17.7 Å². The smallest absolute Gasteiger partial charge is 0.249 e. The van der Waals surface area contributed by atoms with Gasteiger partial charge in [0.05, 0.1) is 16.3 Å². The third kappa shape index (κ3) is 4.58. The second-order valence-corrected chi connectivity index (χ2v) is 6.30. The summed E-state index contributed by atoms with van der Waals surface area (Å²) in [5.74, 6) is 0.0376. The number of rotatable bonds is 5. The van der Waals surface area contributed by atoms with Crippen LogP contribution in [0, 0.1) is 6.92 Å². The van der Waals surface area contributed by atoms with Crippen LogP contribution in [0.25, 0.3) is 17.0 Å². The van der Waals surface area contributed by atoms with E-state index < -0.39 is 0 Å². The molecule has 2 N–H and O–H groups in total. The Hall–Kier alpha value is -3.03. The second-order valence-electron chi connectivity index (χ2n) is 5.90. The number of carbonyl (C=O) groups excluding carboxylic acids is 1. The molecule has 1 aromatic carbocycles. The number of aliphatic hydroxyl groups is 1. The van der Waals surface area contributed by atoms with Gasteiger partial charge in [-0.1, -0.05) is 29.3 Å². The molecule has 0 atom stereocenters. The monoisotopic (exact) mass is 384 g/mol. The van der Waals surface area contributed by atoms with Gasteiger partial charge >= 0.3 is 0 Å². The quantitative estimate of drug-likeness (QED) is 0.651. The molecule has 0 saturated heterocycles. The van der Waals surface area contributed by atoms with Gasteiger partial charge in [-0.15, -0.1) is 10.2 Å². The number of aryl methyl sites for hydroxylation is 1. The summed E-state index contributed by atoms with van der Waals surface area (Å²) in [6.45, 7) is 3.38. The minimum Gasteiger partial charge on any atom is -0.418 e. The minimum absolute atomic E-state index is 0.106. The van der Waals surface area contributed by atoms with E-state index in [4.69, 9.17) is 21.1 Å². The van der Waals surface area contributed by atoms with Gasteiger partial charge in [0, 0.05) is 18.0 Å². The van der Waals surface area contributed by atoms with Gasteiger partial charge in [0.15, 0.2) is 0 Å². The number of hydrogen-bond donors (Lipinski definition) is 2. The molecule has 138 valence electrons. The number of aliphatic hydroxyl groups excluding tert-OH is 1. The maximum Gasteiger partial charge on any atom is 0.249 e. The number of amides is 1. The predicted octanol–water partition coefficient (Wildman–Crippen LogP) is 3.63. The highest BCUT2D eigenvalue weighted by Crippen LogP contribution is 2.27. The topological polar surface area (TPSA) is 101 Å². The van der Waals surface area contributed by atoms with Crippen LogP contribution < -0.4 is 5.32 Å². The molecule has 0 radical (unpaired) electrons. The van der Waals surface area contributed by atoms with E-state index in [0.717, 1.165) is 5.56 Å². The number of aromatic nitrogens is 3. The highest BCUT2D eigenvalue weighted by molar-refractivity contribution is 6.32. The summed E-state index contributed by atoms with van der Waals surface area (Å²) in [5.41, 5.74) is 3.43. The minimum atomic E-state index is -0.343. The highest BCUT2D eigenvalue weighted by atomic mass is 35.5. The fourth-order valence-corrected chi connectivity index (χ4v) is 2.67. The van der Waals surface area contributed by atoms with Gasteiger partial charge in [-0.2, -0.15) is 0 Å². The number of hydrogen-bond acceptors (Lipinski definition) is 6. The molecular formula is C19H17ClN4O3. The summed E-state index contributed by atoms with van der Waals surface area (Å²) >= 11 is 6.30. The Morgan fingerprint density at radius 2 is 2.04 bits per heavy atom. The van der Waals surface area contributed by atoms with Crippen molar-refractivity contribution < 1.29 is 14.3 Å². The summed E-state index contributed by atoms with van der Waals surface area (Å²) in [4.78, 5) is 16.5. The van der Waals surface area contributed by atoms with Crippen LogP contribution in [0.4, 0.5) is 5.69 Å². The molecule has 0 aliphatic heterocycles. The zero-order valence-electron chi connectivity index (χ0n) is 14.7. The van der Waals surface area contributed by atoms with Crippen LogP contribution in [-0.2, 0) is 11.4 Å². The van der Waals surface area contributed by atoms with E-state index in [2.05, 4.69) is 20.5 Å². The third-order valence-electron chi connectivity index (χ3n) is 3.73. The molecule has 0 fully saturated rings. The van der Waals surface area contributed by atoms with E-state index in [1.807, 2.05) is 31.2 Å². The van der Waals surface area contributed by atoms with Crippen molar-refractivity contribution in [3.63, 3.8) is 0 Å². The predicted molar refractivity (Wildman–Crippen MR) is 102 cm³/mol. The molecule has 0 unspecified atom stereocenters. The van der Waals surface area contributed by atoms with Gasteiger partial charge in [-0.05, 0) is 37.6 Å². The van der Waals surface area contributed by atoms with Crippen molar-refractivity contribution in [3.8, 4) is 11.5 Å². The van der Waals surface area contributed by atoms with E-state index in [1.54, 1.807) is 13.0 Å². The fraction of sp³-hybridized carbons (Fsp3) is 0.158. The average molecular weight is 385 g/mol. The summed E-state index contributed by atoms with van der Waals surface area (Å²) in [5, 5.41) is 19.6. The highest BCUT2D eigenvalue weighted by Gasteiger charge is 2.13. The molecule has 27 heavy (non-hydrogen) atoms. The fourth-order valence-electron chi connectivity index (χ4n) is 2.36. The molecule has 0 saturated carbocycles. The van der Waals surface area contributed by atoms with Crippen molar-refractivity contribution in [3.05, 3.63) is 64.8 Å². The number of benzene rings is 1.